The average molecular weight is 296 g/mol. The van der Waals surface area contributed by atoms with Crippen molar-refractivity contribution in [3.05, 3.63) is 53.7 Å². The van der Waals surface area contributed by atoms with Gasteiger partial charge in [-0.2, -0.15) is 0 Å². The molecular weight excluding hydrogens is 276 g/mol. The minimum absolute atomic E-state index is 0.0600. The second-order valence-electron chi connectivity index (χ2n) is 5.66. The van der Waals surface area contributed by atoms with E-state index in [1.807, 2.05) is 24.3 Å². The number of nitrogens with one attached hydrogen (secondary N) is 1. The average Bonchev–Trinajstić information content (AvgIpc) is 2.56. The highest BCUT2D eigenvalue weighted by molar-refractivity contribution is 5.94. The fourth-order valence-corrected chi connectivity index (χ4v) is 2.61. The summed E-state index contributed by atoms with van der Waals surface area (Å²) in [7, 11) is 0. The molecule has 0 atom stereocenters. The maximum Gasteiger partial charge on any atom is 0.253 e. The Kier molecular flexibility index (Phi) is 4.49. The maximum atomic E-state index is 12.2. The molecule has 3 rings (SSSR count). The Hall–Kier alpha value is -2.20. The molecule has 22 heavy (non-hydrogen) atoms. The molecule has 1 aromatic heterocycles. The number of aromatic nitrogens is 1. The molecule has 0 unspecified atom stereocenters. The summed E-state index contributed by atoms with van der Waals surface area (Å²) in [6.45, 7) is 3.49. The van der Waals surface area contributed by atoms with E-state index >= 15 is 0 Å². The summed E-state index contributed by atoms with van der Waals surface area (Å²) in [5, 5.41) is 3.04. The van der Waals surface area contributed by atoms with E-state index in [1.54, 1.807) is 6.20 Å². The summed E-state index contributed by atoms with van der Waals surface area (Å²) >= 11 is 0. The molecule has 0 bridgehead atoms. The number of nitrogens with zero attached hydrogens (tertiary/aromatic N) is 1. The summed E-state index contributed by atoms with van der Waals surface area (Å²) in [6.07, 6.45) is 3.40. The minimum atomic E-state index is -0.0600. The van der Waals surface area contributed by atoms with Gasteiger partial charge in [-0.05, 0) is 38.0 Å². The highest BCUT2D eigenvalue weighted by atomic mass is 16.5. The van der Waals surface area contributed by atoms with Crippen LogP contribution in [0.3, 0.4) is 0 Å². The van der Waals surface area contributed by atoms with Gasteiger partial charge in [-0.1, -0.05) is 23.8 Å². The van der Waals surface area contributed by atoms with Crippen molar-refractivity contribution in [3.8, 4) is 11.3 Å². The van der Waals surface area contributed by atoms with Crippen LogP contribution in [0, 0.1) is 6.92 Å². The highest BCUT2D eigenvalue weighted by Gasteiger charge is 2.17. The molecule has 0 saturated carbocycles. The van der Waals surface area contributed by atoms with Gasteiger partial charge in [0.1, 0.15) is 0 Å². The van der Waals surface area contributed by atoms with Crippen molar-refractivity contribution >= 4 is 5.91 Å². The van der Waals surface area contributed by atoms with Gasteiger partial charge in [0, 0.05) is 31.0 Å². The molecule has 4 nitrogen and oxygen atoms in total. The first-order chi connectivity index (χ1) is 10.7. The Morgan fingerprint density at radius 2 is 2.05 bits per heavy atom. The third-order valence-electron chi connectivity index (χ3n) is 3.90. The van der Waals surface area contributed by atoms with Crippen LogP contribution in [-0.4, -0.2) is 30.1 Å². The standard InChI is InChI=1S/C18H20N2O2/c1-13-3-2-4-14(11-13)17-6-5-15(12-19-17)18(21)20-16-7-9-22-10-8-16/h2-6,11-12,16H,7-10H2,1H3,(H,20,21). The van der Waals surface area contributed by atoms with Crippen LogP contribution in [0.1, 0.15) is 28.8 Å². The quantitative estimate of drug-likeness (QED) is 0.947. The van der Waals surface area contributed by atoms with Gasteiger partial charge in [0.25, 0.3) is 5.91 Å². The van der Waals surface area contributed by atoms with Gasteiger partial charge in [-0.15, -0.1) is 0 Å². The number of carbonyl (C=O) groups is 1. The van der Waals surface area contributed by atoms with Crippen molar-refractivity contribution in [2.45, 2.75) is 25.8 Å². The zero-order valence-electron chi connectivity index (χ0n) is 12.7. The Morgan fingerprint density at radius 3 is 2.73 bits per heavy atom. The van der Waals surface area contributed by atoms with Crippen molar-refractivity contribution in [3.63, 3.8) is 0 Å². The zero-order valence-corrected chi connectivity index (χ0v) is 12.7. The molecule has 1 saturated heterocycles. The first-order valence-corrected chi connectivity index (χ1v) is 7.64. The number of hydrogen-bond acceptors (Lipinski definition) is 3. The first-order valence-electron chi connectivity index (χ1n) is 7.64. The molecule has 4 heteroatoms. The molecule has 1 aliphatic heterocycles. The molecule has 0 spiro atoms. The SMILES string of the molecule is Cc1cccc(-c2ccc(C(=O)NC3CCOCC3)cn2)c1. The highest BCUT2D eigenvalue weighted by Crippen LogP contribution is 2.18. The second kappa shape index (κ2) is 6.71. The fraction of sp³-hybridized carbons (Fsp3) is 0.333. The van der Waals surface area contributed by atoms with Crippen LogP contribution in [0.25, 0.3) is 11.3 Å². The number of benzene rings is 1. The van der Waals surface area contributed by atoms with Crippen LogP contribution >= 0.6 is 0 Å². The molecule has 0 radical (unpaired) electrons. The van der Waals surface area contributed by atoms with Gasteiger partial charge in [-0.25, -0.2) is 0 Å². The second-order valence-corrected chi connectivity index (χ2v) is 5.66. The number of pyridine rings is 1. The number of rotatable bonds is 3. The molecule has 114 valence electrons. The third-order valence-corrected chi connectivity index (χ3v) is 3.90. The van der Waals surface area contributed by atoms with E-state index in [0.717, 1.165) is 37.3 Å². The first kappa shape index (κ1) is 14.7. The lowest BCUT2D eigenvalue weighted by Crippen LogP contribution is -2.38. The van der Waals surface area contributed by atoms with E-state index in [1.165, 1.54) is 5.56 Å². The van der Waals surface area contributed by atoms with Crippen LogP contribution in [0.4, 0.5) is 0 Å². The number of ether oxygens (including phenoxy) is 1. The largest absolute Gasteiger partial charge is 0.381 e. The zero-order chi connectivity index (χ0) is 15.4. The number of carbonyl (C=O) groups excluding carboxylic acids is 1. The molecular formula is C18H20N2O2. The number of amides is 1. The van der Waals surface area contributed by atoms with Crippen LogP contribution < -0.4 is 5.32 Å². The molecule has 1 amide bonds. The van der Waals surface area contributed by atoms with Crippen LogP contribution in [0.5, 0.6) is 0 Å². The van der Waals surface area contributed by atoms with Gasteiger partial charge in [0.05, 0.1) is 11.3 Å². The Balaban J connectivity index is 1.69. The lowest BCUT2D eigenvalue weighted by molar-refractivity contribution is 0.0696. The topological polar surface area (TPSA) is 51.2 Å². The van der Waals surface area contributed by atoms with Gasteiger partial charge in [0.2, 0.25) is 0 Å². The lowest BCUT2D eigenvalue weighted by Gasteiger charge is -2.23. The van der Waals surface area contributed by atoms with E-state index in [0.29, 0.717) is 5.56 Å². The molecule has 1 aromatic carbocycles. The van der Waals surface area contributed by atoms with Crippen molar-refractivity contribution in [1.29, 1.82) is 0 Å². The van der Waals surface area contributed by atoms with Gasteiger partial charge < -0.3 is 10.1 Å². The molecule has 1 N–H and O–H groups in total. The minimum Gasteiger partial charge on any atom is -0.381 e. The summed E-state index contributed by atoms with van der Waals surface area (Å²) in [4.78, 5) is 16.6. The third kappa shape index (κ3) is 3.52. The molecule has 2 aromatic rings. The van der Waals surface area contributed by atoms with E-state index in [4.69, 9.17) is 4.74 Å². The van der Waals surface area contributed by atoms with Gasteiger partial charge in [0.15, 0.2) is 0 Å². The Bertz CT molecular complexity index is 646. The summed E-state index contributed by atoms with van der Waals surface area (Å²) in [5.41, 5.74) is 3.74. The Labute approximate surface area is 130 Å². The molecule has 0 aliphatic carbocycles. The maximum absolute atomic E-state index is 12.2. The predicted octanol–water partition coefficient (Wildman–Crippen LogP) is 2.97. The fourth-order valence-electron chi connectivity index (χ4n) is 2.61. The van der Waals surface area contributed by atoms with E-state index in [2.05, 4.69) is 29.4 Å². The van der Waals surface area contributed by atoms with Crippen molar-refractivity contribution < 1.29 is 9.53 Å². The van der Waals surface area contributed by atoms with E-state index in [9.17, 15) is 4.79 Å². The van der Waals surface area contributed by atoms with Gasteiger partial charge >= 0.3 is 0 Å². The van der Waals surface area contributed by atoms with E-state index < -0.39 is 0 Å². The smallest absolute Gasteiger partial charge is 0.253 e. The van der Waals surface area contributed by atoms with Crippen molar-refractivity contribution in [1.82, 2.24) is 10.3 Å². The van der Waals surface area contributed by atoms with Crippen LogP contribution in [-0.2, 0) is 4.74 Å². The number of hydrogen-bond donors (Lipinski definition) is 1. The van der Waals surface area contributed by atoms with Crippen LogP contribution in [0.15, 0.2) is 42.6 Å². The molecule has 2 heterocycles. The summed E-state index contributed by atoms with van der Waals surface area (Å²) < 4.78 is 5.30. The van der Waals surface area contributed by atoms with Gasteiger partial charge in [-0.3, -0.25) is 9.78 Å². The summed E-state index contributed by atoms with van der Waals surface area (Å²) in [6, 6.07) is 12.1. The lowest BCUT2D eigenvalue weighted by atomic mass is 10.1. The molecule has 1 aliphatic rings. The summed E-state index contributed by atoms with van der Waals surface area (Å²) in [5.74, 6) is -0.0600. The Morgan fingerprint density at radius 1 is 1.23 bits per heavy atom. The van der Waals surface area contributed by atoms with Crippen molar-refractivity contribution in [2.75, 3.05) is 13.2 Å². The van der Waals surface area contributed by atoms with Crippen LogP contribution in [0.2, 0.25) is 0 Å². The normalized spacial score (nSPS) is 15.5. The number of aryl methyl sites for hydroxylation is 1. The van der Waals surface area contributed by atoms with E-state index in [-0.39, 0.29) is 11.9 Å². The monoisotopic (exact) mass is 296 g/mol. The van der Waals surface area contributed by atoms with Crippen molar-refractivity contribution in [2.24, 2.45) is 0 Å². The predicted molar refractivity (Wildman–Crippen MR) is 85.7 cm³/mol. The molecule has 1 fully saturated rings.